The smallest absolute Gasteiger partial charge is 0.0481 e. The van der Waals surface area contributed by atoms with Gasteiger partial charge in [-0.15, -0.1) is 0 Å². The number of aryl methyl sites for hydroxylation is 3. The Bertz CT molecular complexity index is 1190. The zero-order valence-electron chi connectivity index (χ0n) is 23.8. The average molecular weight is 493 g/mol. The van der Waals surface area contributed by atoms with Crippen LogP contribution >= 0.6 is 0 Å². The highest BCUT2D eigenvalue weighted by atomic mass is 15.1. The maximum atomic E-state index is 3.86. The first kappa shape index (κ1) is 29.5. The second-order valence-corrected chi connectivity index (χ2v) is 8.42. The van der Waals surface area contributed by atoms with Crippen molar-refractivity contribution in [1.29, 1.82) is 0 Å². The fourth-order valence-corrected chi connectivity index (χ4v) is 4.53. The molecule has 5 rings (SSSR count). The highest BCUT2D eigenvalue weighted by molar-refractivity contribution is 5.74. The second-order valence-electron chi connectivity index (χ2n) is 8.42. The quantitative estimate of drug-likeness (QED) is 0.281. The van der Waals surface area contributed by atoms with E-state index in [4.69, 9.17) is 0 Å². The van der Waals surface area contributed by atoms with Crippen molar-refractivity contribution in [3.63, 3.8) is 0 Å². The molecule has 0 fully saturated rings. The van der Waals surface area contributed by atoms with Crippen LogP contribution in [0.15, 0.2) is 104 Å². The molecule has 0 radical (unpaired) electrons. The molecule has 1 aliphatic heterocycles. The van der Waals surface area contributed by atoms with E-state index >= 15 is 0 Å². The minimum absolute atomic E-state index is 1.14. The summed E-state index contributed by atoms with van der Waals surface area (Å²) in [6.45, 7) is 14.0. The van der Waals surface area contributed by atoms with Crippen molar-refractivity contribution < 1.29 is 0 Å². The maximum absolute atomic E-state index is 3.86. The first-order valence-corrected chi connectivity index (χ1v) is 13.5. The predicted molar refractivity (Wildman–Crippen MR) is 167 cm³/mol. The van der Waals surface area contributed by atoms with E-state index in [9.17, 15) is 0 Å². The molecule has 0 N–H and O–H groups in total. The molecule has 0 atom stereocenters. The van der Waals surface area contributed by atoms with Gasteiger partial charge in [-0.05, 0) is 66.3 Å². The number of hydrogen-bond donors (Lipinski definition) is 0. The van der Waals surface area contributed by atoms with Crippen LogP contribution in [0.2, 0.25) is 0 Å². The maximum Gasteiger partial charge on any atom is 0.0481 e. The van der Waals surface area contributed by atoms with Gasteiger partial charge in [-0.2, -0.15) is 0 Å². The van der Waals surface area contributed by atoms with E-state index in [0.29, 0.717) is 0 Å². The molecule has 37 heavy (non-hydrogen) atoms. The second kappa shape index (κ2) is 15.4. The van der Waals surface area contributed by atoms with Gasteiger partial charge in [-0.25, -0.2) is 0 Å². The number of benzene rings is 4. The summed E-state index contributed by atoms with van der Waals surface area (Å²) >= 11 is 0. The number of fused-ring (bicyclic) bond motifs is 2. The van der Waals surface area contributed by atoms with Crippen molar-refractivity contribution in [2.45, 2.75) is 47.5 Å². The van der Waals surface area contributed by atoms with Gasteiger partial charge < -0.3 is 9.80 Å². The summed E-state index contributed by atoms with van der Waals surface area (Å²) in [7, 11) is 4.24. The van der Waals surface area contributed by atoms with E-state index in [2.05, 4.69) is 128 Å². The standard InChI is InChI=1S/C16H17N.C15H15N.2C2H6/c1-4-14-10-6-8-12-16(14)17(3)15-11-7-5-9-13(15)2;1-16-14-8-4-2-6-12(14)10-11-13-7-3-5-9-15(13)16;2*1-2/h4-12H,1H2,2-3H3;2-9H,10-11H2,1H3;2*1-2H3. The summed E-state index contributed by atoms with van der Waals surface area (Å²) in [5.74, 6) is 0. The minimum atomic E-state index is 1.14. The third-order valence-corrected chi connectivity index (χ3v) is 6.36. The molecule has 2 heteroatoms. The van der Waals surface area contributed by atoms with Crippen molar-refractivity contribution in [2.24, 2.45) is 0 Å². The Morgan fingerprint density at radius 2 is 1.08 bits per heavy atom. The number of hydrogen-bond acceptors (Lipinski definition) is 2. The molecule has 0 bridgehead atoms. The summed E-state index contributed by atoms with van der Waals surface area (Å²) in [5, 5.41) is 0. The Kier molecular flexibility index (Phi) is 12.2. The predicted octanol–water partition coefficient (Wildman–Crippen LogP) is 10.0. The molecule has 4 aromatic carbocycles. The SMILES string of the molecule is C=Cc1ccccc1N(C)c1ccccc1C.CC.CC.CN1c2ccccc2CCc2ccccc21. The third kappa shape index (κ3) is 7.36. The van der Waals surface area contributed by atoms with Crippen LogP contribution in [0, 0.1) is 6.92 Å². The van der Waals surface area contributed by atoms with Crippen LogP contribution in [0.3, 0.4) is 0 Å². The molecule has 4 aromatic rings. The van der Waals surface area contributed by atoms with Gasteiger partial charge in [0.1, 0.15) is 0 Å². The Balaban J connectivity index is 0.000000230. The van der Waals surface area contributed by atoms with Crippen molar-refractivity contribution in [3.8, 4) is 0 Å². The Labute approximate surface area is 225 Å². The fraction of sp³-hybridized carbons (Fsp3) is 0.257. The molecule has 0 aliphatic carbocycles. The lowest BCUT2D eigenvalue weighted by molar-refractivity contribution is 0.977. The summed E-state index contributed by atoms with van der Waals surface area (Å²) in [6, 6.07) is 34.0. The Morgan fingerprint density at radius 1 is 0.649 bits per heavy atom. The van der Waals surface area contributed by atoms with E-state index in [1.807, 2.05) is 39.8 Å². The van der Waals surface area contributed by atoms with Crippen molar-refractivity contribution in [3.05, 3.63) is 126 Å². The lowest BCUT2D eigenvalue weighted by Gasteiger charge is -2.23. The molecular formula is C35H44N2. The lowest BCUT2D eigenvalue weighted by atomic mass is 10.0. The molecule has 0 saturated heterocycles. The molecule has 0 amide bonds. The molecule has 0 aromatic heterocycles. The molecule has 1 heterocycles. The Hall–Kier alpha value is -3.78. The van der Waals surface area contributed by atoms with Gasteiger partial charge in [-0.1, -0.05) is 113 Å². The normalized spacial score (nSPS) is 10.9. The first-order valence-electron chi connectivity index (χ1n) is 13.5. The van der Waals surface area contributed by atoms with Gasteiger partial charge in [0.25, 0.3) is 0 Å². The molecule has 0 saturated carbocycles. The van der Waals surface area contributed by atoms with E-state index in [1.165, 1.54) is 39.4 Å². The molecule has 0 unspecified atom stereocenters. The van der Waals surface area contributed by atoms with Gasteiger partial charge in [0, 0.05) is 36.8 Å². The van der Waals surface area contributed by atoms with Gasteiger partial charge in [-0.3, -0.25) is 0 Å². The van der Waals surface area contributed by atoms with Crippen LogP contribution in [-0.2, 0) is 12.8 Å². The lowest BCUT2D eigenvalue weighted by Crippen LogP contribution is -2.11. The summed E-state index contributed by atoms with van der Waals surface area (Å²) in [5.41, 5.74) is 10.4. The molecule has 194 valence electrons. The molecule has 1 aliphatic rings. The summed E-state index contributed by atoms with van der Waals surface area (Å²) in [6.07, 6.45) is 4.17. The number of anilines is 4. The van der Waals surface area contributed by atoms with Crippen LogP contribution in [0.5, 0.6) is 0 Å². The molecule has 0 spiro atoms. The summed E-state index contributed by atoms with van der Waals surface area (Å²) < 4.78 is 0. The Morgan fingerprint density at radius 3 is 1.59 bits per heavy atom. The number of para-hydroxylation sites is 4. The van der Waals surface area contributed by atoms with Crippen LogP contribution in [0.4, 0.5) is 22.7 Å². The zero-order chi connectivity index (χ0) is 27.2. The van der Waals surface area contributed by atoms with Crippen LogP contribution in [0.25, 0.3) is 6.08 Å². The van der Waals surface area contributed by atoms with Crippen LogP contribution < -0.4 is 9.80 Å². The van der Waals surface area contributed by atoms with Crippen molar-refractivity contribution >= 4 is 28.8 Å². The first-order chi connectivity index (χ1) is 18.1. The van der Waals surface area contributed by atoms with E-state index in [0.717, 1.165) is 18.4 Å². The van der Waals surface area contributed by atoms with Gasteiger partial charge in [0.05, 0.1) is 0 Å². The fourth-order valence-electron chi connectivity index (χ4n) is 4.53. The average Bonchev–Trinajstić information content (AvgIpc) is 3.12. The van der Waals surface area contributed by atoms with Gasteiger partial charge >= 0.3 is 0 Å². The largest absolute Gasteiger partial charge is 0.344 e. The third-order valence-electron chi connectivity index (χ3n) is 6.36. The zero-order valence-corrected chi connectivity index (χ0v) is 23.8. The summed E-state index contributed by atoms with van der Waals surface area (Å²) in [4.78, 5) is 4.50. The van der Waals surface area contributed by atoms with Crippen molar-refractivity contribution in [1.82, 2.24) is 0 Å². The van der Waals surface area contributed by atoms with Gasteiger partial charge in [0.15, 0.2) is 0 Å². The highest BCUT2D eigenvalue weighted by Gasteiger charge is 2.16. The van der Waals surface area contributed by atoms with Crippen LogP contribution in [0.1, 0.15) is 49.9 Å². The molecular weight excluding hydrogens is 448 g/mol. The highest BCUT2D eigenvalue weighted by Crippen LogP contribution is 2.34. The van der Waals surface area contributed by atoms with Gasteiger partial charge in [0.2, 0.25) is 0 Å². The number of rotatable bonds is 3. The minimum Gasteiger partial charge on any atom is -0.344 e. The van der Waals surface area contributed by atoms with E-state index in [-0.39, 0.29) is 0 Å². The molecule has 2 nitrogen and oxygen atoms in total. The number of nitrogens with zero attached hydrogens (tertiary/aromatic N) is 2. The monoisotopic (exact) mass is 492 g/mol. The topological polar surface area (TPSA) is 6.48 Å². The van der Waals surface area contributed by atoms with Crippen molar-refractivity contribution in [2.75, 3.05) is 23.9 Å². The van der Waals surface area contributed by atoms with E-state index in [1.54, 1.807) is 0 Å². The van der Waals surface area contributed by atoms with Crippen LogP contribution in [-0.4, -0.2) is 14.1 Å². The van der Waals surface area contributed by atoms with E-state index < -0.39 is 0 Å².